The van der Waals surface area contributed by atoms with Gasteiger partial charge in [-0.15, -0.1) is 0 Å². The second-order valence-corrected chi connectivity index (χ2v) is 9.05. The van der Waals surface area contributed by atoms with Crippen LogP contribution in [-0.4, -0.2) is 53.7 Å². The minimum Gasteiger partial charge on any atom is -0.336 e. The molecule has 6 nitrogen and oxygen atoms in total. The van der Waals surface area contributed by atoms with Gasteiger partial charge in [-0.05, 0) is 49.2 Å². The Morgan fingerprint density at radius 2 is 1.53 bits per heavy atom. The number of hydrogen-bond donors (Lipinski definition) is 0. The molecule has 2 aliphatic heterocycles. The van der Waals surface area contributed by atoms with Crippen molar-refractivity contribution in [3.05, 3.63) is 100 Å². The van der Waals surface area contributed by atoms with Gasteiger partial charge in [-0.2, -0.15) is 0 Å². The first-order valence-electron chi connectivity index (χ1n) is 11.6. The number of rotatable bonds is 4. The molecule has 6 heteroatoms. The molecule has 2 aliphatic rings. The summed E-state index contributed by atoms with van der Waals surface area (Å²) in [5.41, 5.74) is 5.02. The quantitative estimate of drug-likeness (QED) is 0.559. The van der Waals surface area contributed by atoms with Crippen molar-refractivity contribution in [2.24, 2.45) is 0 Å². The van der Waals surface area contributed by atoms with Gasteiger partial charge in [0.05, 0.1) is 16.8 Å². The van der Waals surface area contributed by atoms with Gasteiger partial charge in [-0.3, -0.25) is 19.3 Å². The van der Waals surface area contributed by atoms with Crippen LogP contribution in [0.2, 0.25) is 0 Å². The Morgan fingerprint density at radius 3 is 2.26 bits per heavy atom. The van der Waals surface area contributed by atoms with E-state index in [1.807, 2.05) is 24.0 Å². The summed E-state index contributed by atoms with van der Waals surface area (Å²) in [7, 11) is 0. The predicted molar refractivity (Wildman–Crippen MR) is 131 cm³/mol. The van der Waals surface area contributed by atoms with Crippen LogP contribution in [0.15, 0.2) is 66.7 Å². The Bertz CT molecular complexity index is 1290. The van der Waals surface area contributed by atoms with Gasteiger partial charge in [0.2, 0.25) is 0 Å². The zero-order valence-corrected chi connectivity index (χ0v) is 19.5. The van der Waals surface area contributed by atoms with Crippen LogP contribution in [0.1, 0.15) is 47.8 Å². The predicted octanol–water partition coefficient (Wildman–Crippen LogP) is 4.06. The maximum atomic E-state index is 13.2. The Labute approximate surface area is 199 Å². The number of benzene rings is 3. The van der Waals surface area contributed by atoms with E-state index in [2.05, 4.69) is 36.1 Å². The number of para-hydroxylation sites is 1. The molecular weight excluding hydrogens is 426 g/mol. The molecule has 3 aromatic rings. The molecular formula is C28H27N3O3. The van der Waals surface area contributed by atoms with Crippen LogP contribution in [0.5, 0.6) is 0 Å². The summed E-state index contributed by atoms with van der Waals surface area (Å²) >= 11 is 0. The monoisotopic (exact) mass is 453 g/mol. The van der Waals surface area contributed by atoms with E-state index in [0.29, 0.717) is 29.9 Å². The lowest BCUT2D eigenvalue weighted by atomic mass is 10.0. The summed E-state index contributed by atoms with van der Waals surface area (Å²) in [4.78, 5) is 44.7. The molecule has 2 heterocycles. The minimum absolute atomic E-state index is 0.104. The Morgan fingerprint density at radius 1 is 0.794 bits per heavy atom. The van der Waals surface area contributed by atoms with Gasteiger partial charge in [0.1, 0.15) is 0 Å². The van der Waals surface area contributed by atoms with Crippen molar-refractivity contribution in [3.63, 3.8) is 0 Å². The van der Waals surface area contributed by atoms with Crippen LogP contribution < -0.4 is 4.90 Å². The van der Waals surface area contributed by atoms with Crippen LogP contribution in [0.3, 0.4) is 0 Å². The first-order valence-corrected chi connectivity index (χ1v) is 11.6. The van der Waals surface area contributed by atoms with Gasteiger partial charge in [0.15, 0.2) is 0 Å². The van der Waals surface area contributed by atoms with E-state index in [1.54, 1.807) is 30.3 Å². The fraction of sp³-hybridized carbons (Fsp3) is 0.250. The van der Waals surface area contributed by atoms with Gasteiger partial charge in [-0.25, -0.2) is 4.90 Å². The molecule has 0 spiro atoms. The highest BCUT2D eigenvalue weighted by molar-refractivity contribution is 6.35. The van der Waals surface area contributed by atoms with E-state index in [4.69, 9.17) is 0 Å². The molecule has 1 saturated heterocycles. The Kier molecular flexibility index (Phi) is 5.75. The largest absolute Gasteiger partial charge is 0.336 e. The molecule has 3 amide bonds. The van der Waals surface area contributed by atoms with Crippen molar-refractivity contribution in [1.82, 2.24) is 9.80 Å². The van der Waals surface area contributed by atoms with E-state index in [0.717, 1.165) is 25.2 Å². The number of aryl methyl sites for hydroxylation is 2. The summed E-state index contributed by atoms with van der Waals surface area (Å²) < 4.78 is 0. The number of nitrogens with zero attached hydrogens (tertiary/aromatic N) is 3. The molecule has 0 saturated carbocycles. The highest BCUT2D eigenvalue weighted by Crippen LogP contribution is 2.31. The molecule has 34 heavy (non-hydrogen) atoms. The Hall–Kier alpha value is -3.77. The van der Waals surface area contributed by atoms with Gasteiger partial charge >= 0.3 is 0 Å². The number of carbonyl (C=O) groups is 3. The average molecular weight is 454 g/mol. The van der Waals surface area contributed by atoms with E-state index in [9.17, 15) is 14.4 Å². The third-order valence-corrected chi connectivity index (χ3v) is 6.64. The lowest BCUT2D eigenvalue weighted by Crippen LogP contribution is -2.48. The molecule has 172 valence electrons. The van der Waals surface area contributed by atoms with E-state index < -0.39 is 0 Å². The van der Waals surface area contributed by atoms with Crippen molar-refractivity contribution in [1.29, 1.82) is 0 Å². The number of anilines is 1. The molecule has 0 bridgehead atoms. The van der Waals surface area contributed by atoms with E-state index in [-0.39, 0.29) is 23.3 Å². The molecule has 1 fully saturated rings. The third-order valence-electron chi connectivity index (χ3n) is 6.64. The van der Waals surface area contributed by atoms with Crippen molar-refractivity contribution in [2.75, 3.05) is 31.1 Å². The van der Waals surface area contributed by atoms with Crippen molar-refractivity contribution in [2.45, 2.75) is 20.4 Å². The Balaban J connectivity index is 1.28. The molecule has 5 rings (SSSR count). The smallest absolute Gasteiger partial charge is 0.266 e. The van der Waals surface area contributed by atoms with Crippen molar-refractivity contribution < 1.29 is 14.4 Å². The standard InChI is InChI=1S/C28H27N3O3/c1-19-6-5-8-21(16-19)18-29-12-14-30(15-13-29)26(32)22-10-11-23-24(17-22)28(34)31(27(23)33)25-9-4-3-7-20(25)2/h3-11,16-17H,12-15,18H2,1-2H3. The number of hydrogen-bond acceptors (Lipinski definition) is 4. The third kappa shape index (κ3) is 4.01. The second-order valence-electron chi connectivity index (χ2n) is 9.05. The molecule has 3 aromatic carbocycles. The van der Waals surface area contributed by atoms with Crippen LogP contribution in [-0.2, 0) is 6.54 Å². The summed E-state index contributed by atoms with van der Waals surface area (Å²) in [5.74, 6) is -0.836. The summed E-state index contributed by atoms with van der Waals surface area (Å²) in [6, 6.07) is 20.6. The number of piperazine rings is 1. The summed E-state index contributed by atoms with van der Waals surface area (Å²) in [6.45, 7) is 7.68. The van der Waals surface area contributed by atoms with Crippen LogP contribution in [0.4, 0.5) is 5.69 Å². The zero-order chi connectivity index (χ0) is 23.8. The maximum absolute atomic E-state index is 13.2. The molecule has 0 unspecified atom stereocenters. The highest BCUT2D eigenvalue weighted by atomic mass is 16.2. The molecule has 0 N–H and O–H groups in total. The fourth-order valence-corrected chi connectivity index (χ4v) is 4.77. The summed E-state index contributed by atoms with van der Waals surface area (Å²) in [5, 5.41) is 0. The van der Waals surface area contributed by atoms with Crippen LogP contribution in [0, 0.1) is 13.8 Å². The van der Waals surface area contributed by atoms with Crippen LogP contribution >= 0.6 is 0 Å². The van der Waals surface area contributed by atoms with E-state index >= 15 is 0 Å². The average Bonchev–Trinajstić information content (AvgIpc) is 3.09. The molecule has 0 aliphatic carbocycles. The second kappa shape index (κ2) is 8.88. The van der Waals surface area contributed by atoms with Gasteiger partial charge < -0.3 is 4.90 Å². The fourth-order valence-electron chi connectivity index (χ4n) is 4.77. The zero-order valence-electron chi connectivity index (χ0n) is 19.5. The normalized spacial score (nSPS) is 16.2. The van der Waals surface area contributed by atoms with Gasteiger partial charge in [0, 0.05) is 38.3 Å². The minimum atomic E-state index is -0.382. The van der Waals surface area contributed by atoms with E-state index in [1.165, 1.54) is 16.0 Å². The van der Waals surface area contributed by atoms with Crippen molar-refractivity contribution in [3.8, 4) is 0 Å². The van der Waals surface area contributed by atoms with Crippen LogP contribution in [0.25, 0.3) is 0 Å². The SMILES string of the molecule is Cc1cccc(CN2CCN(C(=O)c3ccc4c(c3)C(=O)N(c3ccccc3C)C4=O)CC2)c1. The number of imide groups is 1. The lowest BCUT2D eigenvalue weighted by Gasteiger charge is -2.35. The van der Waals surface area contributed by atoms with Crippen molar-refractivity contribution >= 4 is 23.4 Å². The number of amides is 3. The highest BCUT2D eigenvalue weighted by Gasteiger charge is 2.38. The van der Waals surface area contributed by atoms with Gasteiger partial charge in [0.25, 0.3) is 17.7 Å². The molecule has 0 radical (unpaired) electrons. The number of fused-ring (bicyclic) bond motifs is 1. The first-order chi connectivity index (χ1) is 16.4. The number of carbonyl (C=O) groups excluding carboxylic acids is 3. The van der Waals surface area contributed by atoms with Gasteiger partial charge in [-0.1, -0.05) is 48.0 Å². The molecule has 0 atom stereocenters. The lowest BCUT2D eigenvalue weighted by molar-refractivity contribution is 0.0628. The molecule has 0 aromatic heterocycles. The maximum Gasteiger partial charge on any atom is 0.266 e. The summed E-state index contributed by atoms with van der Waals surface area (Å²) in [6.07, 6.45) is 0. The first kappa shape index (κ1) is 22.0. The topological polar surface area (TPSA) is 60.9 Å².